The van der Waals surface area contributed by atoms with E-state index in [0.717, 1.165) is 12.1 Å². The fraction of sp³-hybridized carbons (Fsp3) is 0.263. The number of benzene rings is 2. The van der Waals surface area contributed by atoms with Crippen molar-refractivity contribution in [3.05, 3.63) is 60.0 Å². The number of para-hydroxylation sites is 1. The Kier molecular flexibility index (Phi) is 5.02. The van der Waals surface area contributed by atoms with E-state index in [1.807, 2.05) is 0 Å². The van der Waals surface area contributed by atoms with Crippen LogP contribution in [0.4, 0.5) is 13.2 Å². The highest BCUT2D eigenvalue weighted by molar-refractivity contribution is 7.89. The highest BCUT2D eigenvalue weighted by atomic mass is 32.2. The summed E-state index contributed by atoms with van der Waals surface area (Å²) in [6, 6.07) is 10.9. The number of hydrogen-bond donors (Lipinski definition) is 0. The summed E-state index contributed by atoms with van der Waals surface area (Å²) in [7, 11) is -2.37. The van der Waals surface area contributed by atoms with Gasteiger partial charge in [-0.15, -0.1) is 0 Å². The molecule has 1 fully saturated rings. The van der Waals surface area contributed by atoms with Crippen LogP contribution < -0.4 is 4.74 Å². The Morgan fingerprint density at radius 1 is 1.13 bits per heavy atom. The first-order valence-corrected chi connectivity index (χ1v) is 10.3. The maximum absolute atomic E-state index is 12.9. The zero-order chi connectivity index (χ0) is 21.5. The van der Waals surface area contributed by atoms with E-state index in [1.165, 1.54) is 29.6 Å². The zero-order valence-electron chi connectivity index (χ0n) is 15.6. The van der Waals surface area contributed by atoms with Crippen LogP contribution in [0, 0.1) is 0 Å². The molecule has 4 rings (SSSR count). The van der Waals surface area contributed by atoms with Crippen LogP contribution in [0.3, 0.4) is 0 Å². The van der Waals surface area contributed by atoms with Crippen LogP contribution in [0.25, 0.3) is 11.4 Å². The number of rotatable bonds is 5. The van der Waals surface area contributed by atoms with Gasteiger partial charge in [0.15, 0.2) is 0 Å². The average Bonchev–Trinajstić information content (AvgIpc) is 3.15. The lowest BCUT2D eigenvalue weighted by Gasteiger charge is -2.36. The average molecular weight is 439 g/mol. The topological polar surface area (TPSA) is 85.5 Å². The van der Waals surface area contributed by atoms with Crippen molar-refractivity contribution in [3.8, 4) is 17.1 Å². The van der Waals surface area contributed by atoms with Crippen LogP contribution in [0.15, 0.2) is 57.9 Å². The van der Waals surface area contributed by atoms with Gasteiger partial charge >= 0.3 is 6.18 Å². The Morgan fingerprint density at radius 3 is 2.57 bits per heavy atom. The first-order valence-electron chi connectivity index (χ1n) is 8.84. The molecule has 0 atom stereocenters. The summed E-state index contributed by atoms with van der Waals surface area (Å²) in [4.78, 5) is 4.21. The van der Waals surface area contributed by atoms with Gasteiger partial charge in [0.25, 0.3) is 0 Å². The molecule has 0 unspecified atom stereocenters. The highest BCUT2D eigenvalue weighted by Gasteiger charge is 2.41. The van der Waals surface area contributed by atoms with Gasteiger partial charge in [-0.2, -0.15) is 22.5 Å². The molecule has 11 heteroatoms. The highest BCUT2D eigenvalue weighted by Crippen LogP contribution is 2.35. The van der Waals surface area contributed by atoms with Crippen molar-refractivity contribution in [1.82, 2.24) is 14.4 Å². The van der Waals surface area contributed by atoms with Crippen LogP contribution in [0.2, 0.25) is 0 Å². The predicted octanol–water partition coefficient (Wildman–Crippen LogP) is 3.55. The number of sulfonamides is 1. The van der Waals surface area contributed by atoms with Crippen molar-refractivity contribution < 1.29 is 30.8 Å². The monoisotopic (exact) mass is 439 g/mol. The maximum atomic E-state index is 12.9. The SMILES string of the molecule is COc1ccccc1S(=O)(=O)N1CC(c2nc(-c3cccc(C(F)(F)F)c3)no2)C1. The molecule has 3 aromatic rings. The third-order valence-electron chi connectivity index (χ3n) is 4.77. The Morgan fingerprint density at radius 2 is 1.87 bits per heavy atom. The summed E-state index contributed by atoms with van der Waals surface area (Å²) in [5.74, 6) is 0.0862. The van der Waals surface area contributed by atoms with E-state index in [1.54, 1.807) is 18.2 Å². The molecular formula is C19H16F3N3O4S. The van der Waals surface area contributed by atoms with Crippen molar-refractivity contribution in [2.45, 2.75) is 17.0 Å². The molecule has 30 heavy (non-hydrogen) atoms. The van der Waals surface area contributed by atoms with E-state index in [-0.39, 0.29) is 46.9 Å². The second-order valence-corrected chi connectivity index (χ2v) is 8.61. The molecule has 0 spiro atoms. The van der Waals surface area contributed by atoms with E-state index in [0.29, 0.717) is 0 Å². The Hall–Kier alpha value is -2.92. The van der Waals surface area contributed by atoms with Gasteiger partial charge in [0, 0.05) is 18.7 Å². The Bertz CT molecular complexity index is 1170. The molecule has 158 valence electrons. The zero-order valence-corrected chi connectivity index (χ0v) is 16.4. The predicted molar refractivity (Wildman–Crippen MR) is 99.2 cm³/mol. The molecule has 0 radical (unpaired) electrons. The Labute approximate surface area is 170 Å². The Balaban J connectivity index is 1.50. The van der Waals surface area contributed by atoms with E-state index in [4.69, 9.17) is 9.26 Å². The minimum atomic E-state index is -4.48. The lowest BCUT2D eigenvalue weighted by Crippen LogP contribution is -2.48. The largest absolute Gasteiger partial charge is 0.495 e. The smallest absolute Gasteiger partial charge is 0.416 e. The number of methoxy groups -OCH3 is 1. The van der Waals surface area contributed by atoms with Crippen LogP contribution in [0.5, 0.6) is 5.75 Å². The number of hydrogen-bond acceptors (Lipinski definition) is 6. The van der Waals surface area contributed by atoms with Crippen molar-refractivity contribution in [1.29, 1.82) is 0 Å². The van der Waals surface area contributed by atoms with Crippen molar-refractivity contribution in [2.75, 3.05) is 20.2 Å². The fourth-order valence-corrected chi connectivity index (χ4v) is 4.80. The summed E-state index contributed by atoms with van der Waals surface area (Å²) in [6.45, 7) is 0.231. The number of aromatic nitrogens is 2. The third-order valence-corrected chi connectivity index (χ3v) is 6.65. The molecule has 1 aliphatic heterocycles. The molecule has 2 heterocycles. The molecule has 0 bridgehead atoms. The van der Waals surface area contributed by atoms with E-state index >= 15 is 0 Å². The summed E-state index contributed by atoms with van der Waals surface area (Å²) in [5, 5.41) is 3.74. The van der Waals surface area contributed by atoms with Crippen LogP contribution in [-0.2, 0) is 16.2 Å². The van der Waals surface area contributed by atoms with Gasteiger partial charge in [0.1, 0.15) is 10.6 Å². The molecular weight excluding hydrogens is 423 g/mol. The fourth-order valence-electron chi connectivity index (χ4n) is 3.11. The van der Waals surface area contributed by atoms with Crippen molar-refractivity contribution in [2.24, 2.45) is 0 Å². The first-order chi connectivity index (χ1) is 14.2. The number of nitrogens with zero attached hydrogens (tertiary/aromatic N) is 3. The third kappa shape index (κ3) is 3.65. The lowest BCUT2D eigenvalue weighted by molar-refractivity contribution is -0.137. The van der Waals surface area contributed by atoms with E-state index in [9.17, 15) is 21.6 Å². The summed E-state index contributed by atoms with van der Waals surface area (Å²) >= 11 is 0. The molecule has 2 aromatic carbocycles. The van der Waals surface area contributed by atoms with E-state index in [2.05, 4.69) is 10.1 Å². The van der Waals surface area contributed by atoms with Gasteiger partial charge in [-0.25, -0.2) is 8.42 Å². The summed E-state index contributed by atoms with van der Waals surface area (Å²) in [6.07, 6.45) is -4.48. The van der Waals surface area contributed by atoms with Gasteiger partial charge in [-0.3, -0.25) is 0 Å². The minimum absolute atomic E-state index is 0.0159. The molecule has 1 aromatic heterocycles. The number of ether oxygens (including phenoxy) is 1. The lowest BCUT2D eigenvalue weighted by atomic mass is 10.0. The second-order valence-electron chi connectivity index (χ2n) is 6.70. The van der Waals surface area contributed by atoms with Gasteiger partial charge < -0.3 is 9.26 Å². The van der Waals surface area contributed by atoms with Gasteiger partial charge in [0.2, 0.25) is 21.7 Å². The van der Waals surface area contributed by atoms with Crippen LogP contribution in [-0.4, -0.2) is 43.1 Å². The quantitative estimate of drug-likeness (QED) is 0.605. The minimum Gasteiger partial charge on any atom is -0.495 e. The van der Waals surface area contributed by atoms with Gasteiger partial charge in [0.05, 0.1) is 18.6 Å². The number of alkyl halides is 3. The van der Waals surface area contributed by atoms with Gasteiger partial charge in [-0.1, -0.05) is 29.4 Å². The summed E-state index contributed by atoms with van der Waals surface area (Å²) < 4.78 is 75.8. The van der Waals surface area contributed by atoms with Crippen molar-refractivity contribution in [3.63, 3.8) is 0 Å². The molecule has 0 aliphatic carbocycles. The maximum Gasteiger partial charge on any atom is 0.416 e. The second kappa shape index (κ2) is 7.40. The molecule has 0 amide bonds. The van der Waals surface area contributed by atoms with Gasteiger partial charge in [-0.05, 0) is 24.3 Å². The first kappa shape index (κ1) is 20.4. The molecule has 1 aliphatic rings. The number of halogens is 3. The summed E-state index contributed by atoms with van der Waals surface area (Å²) in [5.41, 5.74) is -0.651. The molecule has 0 N–H and O–H groups in total. The molecule has 1 saturated heterocycles. The van der Waals surface area contributed by atoms with Crippen LogP contribution in [0.1, 0.15) is 17.4 Å². The molecule has 7 nitrogen and oxygen atoms in total. The normalized spacial score (nSPS) is 15.7. The van der Waals surface area contributed by atoms with E-state index < -0.39 is 21.8 Å². The molecule has 0 saturated carbocycles. The van der Waals surface area contributed by atoms with Crippen LogP contribution >= 0.6 is 0 Å². The standard InChI is InChI=1S/C19H16F3N3O4S/c1-28-15-7-2-3-8-16(15)30(26,27)25-10-13(11-25)18-23-17(24-29-18)12-5-4-6-14(9-12)19(20,21)22/h2-9,13H,10-11H2,1H3. The van der Waals surface area contributed by atoms with Crippen molar-refractivity contribution >= 4 is 10.0 Å².